The Morgan fingerprint density at radius 1 is 1.37 bits per heavy atom. The van der Waals surface area contributed by atoms with Crippen LogP contribution >= 0.6 is 23.1 Å². The zero-order chi connectivity index (χ0) is 13.4. The second-order valence-corrected chi connectivity index (χ2v) is 6.76. The average Bonchev–Trinajstić information content (AvgIpc) is 2.76. The Labute approximate surface area is 118 Å². The number of hydrogen-bond acceptors (Lipinski definition) is 6. The standard InChI is InChI=1S/C12H12N4OS2/c1-6-15-16-12(18-6)19-10-5-9-7(4-8(10)13)2-3-11(17)14-9/h4-5H,2-3,13H2,1H3,(H,14,17). The molecule has 0 saturated carbocycles. The molecule has 1 aromatic heterocycles. The minimum Gasteiger partial charge on any atom is -0.398 e. The first-order valence-electron chi connectivity index (χ1n) is 5.82. The third-order valence-corrected chi connectivity index (χ3v) is 4.80. The summed E-state index contributed by atoms with van der Waals surface area (Å²) in [4.78, 5) is 12.3. The van der Waals surface area contributed by atoms with Gasteiger partial charge in [0, 0.05) is 22.7 Å². The number of aromatic nitrogens is 2. The molecule has 98 valence electrons. The number of hydrogen-bond donors (Lipinski definition) is 2. The molecule has 1 aliphatic rings. The number of rotatable bonds is 2. The number of anilines is 2. The van der Waals surface area contributed by atoms with Gasteiger partial charge in [-0.25, -0.2) is 0 Å². The van der Waals surface area contributed by atoms with Gasteiger partial charge in [0.05, 0.1) is 0 Å². The van der Waals surface area contributed by atoms with Gasteiger partial charge >= 0.3 is 0 Å². The minimum atomic E-state index is 0.0555. The number of benzene rings is 1. The highest BCUT2D eigenvalue weighted by molar-refractivity contribution is 8.01. The molecule has 1 aromatic carbocycles. The van der Waals surface area contributed by atoms with Gasteiger partial charge in [0.15, 0.2) is 4.34 Å². The van der Waals surface area contributed by atoms with Crippen LogP contribution in [-0.4, -0.2) is 16.1 Å². The number of carbonyl (C=O) groups excluding carboxylic acids is 1. The van der Waals surface area contributed by atoms with Gasteiger partial charge in [-0.15, -0.1) is 10.2 Å². The summed E-state index contributed by atoms with van der Waals surface area (Å²) < 4.78 is 0.853. The van der Waals surface area contributed by atoms with Crippen molar-refractivity contribution < 1.29 is 4.79 Å². The Morgan fingerprint density at radius 3 is 2.95 bits per heavy atom. The maximum absolute atomic E-state index is 11.4. The van der Waals surface area contributed by atoms with Gasteiger partial charge in [0.2, 0.25) is 5.91 Å². The molecular formula is C12H12N4OS2. The summed E-state index contributed by atoms with van der Waals surface area (Å²) in [6.07, 6.45) is 1.27. The van der Waals surface area contributed by atoms with Crippen LogP contribution in [0, 0.1) is 6.92 Å². The lowest BCUT2D eigenvalue weighted by Gasteiger charge is -2.18. The Morgan fingerprint density at radius 2 is 2.21 bits per heavy atom. The largest absolute Gasteiger partial charge is 0.398 e. The van der Waals surface area contributed by atoms with Gasteiger partial charge in [-0.05, 0) is 31.0 Å². The van der Waals surface area contributed by atoms with Crippen LogP contribution in [0.5, 0.6) is 0 Å². The van der Waals surface area contributed by atoms with Gasteiger partial charge in [0.25, 0.3) is 0 Å². The Hall–Kier alpha value is -1.60. The number of nitrogen functional groups attached to an aromatic ring is 1. The van der Waals surface area contributed by atoms with Gasteiger partial charge in [-0.1, -0.05) is 23.1 Å². The third kappa shape index (κ3) is 2.57. The number of aryl methyl sites for hydroxylation is 2. The lowest BCUT2D eigenvalue weighted by Crippen LogP contribution is -2.19. The summed E-state index contributed by atoms with van der Waals surface area (Å²) in [6, 6.07) is 3.86. The molecule has 0 bridgehead atoms. The predicted molar refractivity (Wildman–Crippen MR) is 76.6 cm³/mol. The number of fused-ring (bicyclic) bond motifs is 1. The molecule has 3 N–H and O–H groups in total. The van der Waals surface area contributed by atoms with Crippen LogP contribution in [0.3, 0.4) is 0 Å². The molecule has 1 amide bonds. The molecule has 5 nitrogen and oxygen atoms in total. The first-order chi connectivity index (χ1) is 9.11. The summed E-state index contributed by atoms with van der Waals surface area (Å²) in [6.45, 7) is 1.91. The SMILES string of the molecule is Cc1nnc(Sc2cc3c(cc2N)CCC(=O)N3)s1. The smallest absolute Gasteiger partial charge is 0.224 e. The monoisotopic (exact) mass is 292 g/mol. The average molecular weight is 292 g/mol. The molecule has 0 spiro atoms. The van der Waals surface area contributed by atoms with Gasteiger partial charge in [-0.2, -0.15) is 0 Å². The van der Waals surface area contributed by atoms with E-state index >= 15 is 0 Å². The van der Waals surface area contributed by atoms with E-state index in [0.29, 0.717) is 12.1 Å². The van der Waals surface area contributed by atoms with Crippen LogP contribution in [0.25, 0.3) is 0 Å². The normalized spacial score (nSPS) is 14.1. The van der Waals surface area contributed by atoms with E-state index in [1.165, 1.54) is 23.1 Å². The van der Waals surface area contributed by atoms with Crippen LogP contribution in [0.2, 0.25) is 0 Å². The number of carbonyl (C=O) groups is 1. The first kappa shape index (κ1) is 12.4. The highest BCUT2D eigenvalue weighted by Gasteiger charge is 2.17. The lowest BCUT2D eigenvalue weighted by atomic mass is 10.0. The summed E-state index contributed by atoms with van der Waals surface area (Å²) in [5.41, 5.74) is 8.72. The molecule has 2 heterocycles. The highest BCUT2D eigenvalue weighted by atomic mass is 32.2. The zero-order valence-electron chi connectivity index (χ0n) is 10.3. The Bertz CT molecular complexity index is 653. The van der Waals surface area contributed by atoms with Gasteiger partial charge in [0.1, 0.15) is 5.01 Å². The number of nitrogens with one attached hydrogen (secondary N) is 1. The van der Waals surface area contributed by atoms with E-state index in [1.807, 2.05) is 19.1 Å². The van der Waals surface area contributed by atoms with Crippen LogP contribution in [0.4, 0.5) is 11.4 Å². The van der Waals surface area contributed by atoms with E-state index in [0.717, 1.165) is 31.9 Å². The number of nitrogens with two attached hydrogens (primary N) is 1. The van der Waals surface area contributed by atoms with Crippen molar-refractivity contribution in [1.82, 2.24) is 10.2 Å². The number of nitrogens with zero attached hydrogens (tertiary/aromatic N) is 2. The summed E-state index contributed by atoms with van der Waals surface area (Å²) >= 11 is 3.00. The molecule has 19 heavy (non-hydrogen) atoms. The molecule has 0 saturated heterocycles. The number of amides is 1. The van der Waals surface area contributed by atoms with Crippen LogP contribution in [0.1, 0.15) is 17.0 Å². The van der Waals surface area contributed by atoms with Gasteiger partial charge in [-0.3, -0.25) is 4.79 Å². The quantitative estimate of drug-likeness (QED) is 0.831. The van der Waals surface area contributed by atoms with Gasteiger partial charge < -0.3 is 11.1 Å². The topological polar surface area (TPSA) is 80.9 Å². The van der Waals surface area contributed by atoms with E-state index in [1.54, 1.807) is 0 Å². The van der Waals surface area contributed by atoms with Crippen LogP contribution < -0.4 is 11.1 Å². The van der Waals surface area contributed by atoms with Crippen LogP contribution in [-0.2, 0) is 11.2 Å². The van der Waals surface area contributed by atoms with Crippen molar-refractivity contribution in [2.75, 3.05) is 11.1 Å². The second kappa shape index (κ2) is 4.82. The molecule has 0 aliphatic carbocycles. The van der Waals surface area contributed by atoms with Crippen molar-refractivity contribution >= 4 is 40.4 Å². The predicted octanol–water partition coefficient (Wildman–Crippen LogP) is 2.46. The molecule has 1 aliphatic heterocycles. The fourth-order valence-electron chi connectivity index (χ4n) is 1.93. The molecule has 0 radical (unpaired) electrons. The van der Waals surface area contributed by atoms with E-state index < -0.39 is 0 Å². The zero-order valence-corrected chi connectivity index (χ0v) is 11.9. The fourth-order valence-corrected chi connectivity index (χ4v) is 3.77. The summed E-state index contributed by atoms with van der Waals surface area (Å²) in [5.74, 6) is 0.0555. The van der Waals surface area contributed by atoms with Crippen molar-refractivity contribution in [3.05, 3.63) is 22.7 Å². The molecular weight excluding hydrogens is 280 g/mol. The van der Waals surface area contributed by atoms with E-state index in [4.69, 9.17) is 5.73 Å². The molecule has 0 atom stereocenters. The van der Waals surface area contributed by atoms with Crippen molar-refractivity contribution in [1.29, 1.82) is 0 Å². The summed E-state index contributed by atoms with van der Waals surface area (Å²) in [5, 5.41) is 11.8. The minimum absolute atomic E-state index is 0.0555. The molecule has 3 rings (SSSR count). The first-order valence-corrected chi connectivity index (χ1v) is 7.45. The van der Waals surface area contributed by atoms with Crippen LogP contribution in [0.15, 0.2) is 21.4 Å². The highest BCUT2D eigenvalue weighted by Crippen LogP contribution is 2.38. The maximum atomic E-state index is 11.4. The molecule has 7 heteroatoms. The van der Waals surface area contributed by atoms with E-state index in [9.17, 15) is 4.79 Å². The van der Waals surface area contributed by atoms with Crippen molar-refractivity contribution in [3.8, 4) is 0 Å². The van der Waals surface area contributed by atoms with E-state index in [2.05, 4.69) is 15.5 Å². The maximum Gasteiger partial charge on any atom is 0.224 e. The third-order valence-electron chi connectivity index (χ3n) is 2.84. The second-order valence-electron chi connectivity index (χ2n) is 4.28. The van der Waals surface area contributed by atoms with E-state index in [-0.39, 0.29) is 5.91 Å². The molecule has 0 unspecified atom stereocenters. The fraction of sp³-hybridized carbons (Fsp3) is 0.250. The van der Waals surface area contributed by atoms with Crippen molar-refractivity contribution in [2.45, 2.75) is 29.0 Å². The molecule has 2 aromatic rings. The lowest BCUT2D eigenvalue weighted by molar-refractivity contribution is -0.116. The van der Waals surface area contributed by atoms with Crippen molar-refractivity contribution in [2.24, 2.45) is 0 Å². The Balaban J connectivity index is 1.93. The Kier molecular flexibility index (Phi) is 3.16. The summed E-state index contributed by atoms with van der Waals surface area (Å²) in [7, 11) is 0. The van der Waals surface area contributed by atoms with Crippen molar-refractivity contribution in [3.63, 3.8) is 0 Å². The molecule has 0 fully saturated rings.